The predicted octanol–water partition coefficient (Wildman–Crippen LogP) is 4.50. The topological polar surface area (TPSA) is 40.4 Å². The van der Waals surface area contributed by atoms with Gasteiger partial charge in [0.1, 0.15) is 5.82 Å². The molecule has 0 spiro atoms. The van der Waals surface area contributed by atoms with Gasteiger partial charge in [0.25, 0.3) is 0 Å². The van der Waals surface area contributed by atoms with Crippen LogP contribution in [0.3, 0.4) is 0 Å². The molecule has 1 fully saturated rings. The first-order valence-corrected chi connectivity index (χ1v) is 12.8. The van der Waals surface area contributed by atoms with Crippen LogP contribution in [0.15, 0.2) is 24.4 Å². The van der Waals surface area contributed by atoms with Crippen molar-refractivity contribution in [3.05, 3.63) is 52.9 Å². The summed E-state index contributed by atoms with van der Waals surface area (Å²) in [5, 5.41) is 0. The van der Waals surface area contributed by atoms with Crippen LogP contribution in [0.5, 0.6) is 0 Å². The van der Waals surface area contributed by atoms with Crippen LogP contribution in [0.1, 0.15) is 74.0 Å². The van der Waals surface area contributed by atoms with Gasteiger partial charge in [0.2, 0.25) is 0 Å². The maximum Gasteiger partial charge on any atom is 0.133 e. The minimum Gasteiger partial charge on any atom is -0.315 e. The molecule has 0 saturated carbocycles. The molecular formula is C27H42N6. The van der Waals surface area contributed by atoms with Gasteiger partial charge >= 0.3 is 0 Å². The lowest BCUT2D eigenvalue weighted by Crippen LogP contribution is -2.33. The number of nitrogens with zero attached hydrogens (tertiary/aromatic N) is 6. The normalized spacial score (nSPS) is 21.5. The number of fused-ring (bicyclic) bond motifs is 1. The minimum atomic E-state index is 0.393. The lowest BCUT2D eigenvalue weighted by atomic mass is 9.90. The number of hydrogen-bond donors (Lipinski definition) is 0. The minimum absolute atomic E-state index is 0.393. The molecule has 6 nitrogen and oxygen atoms in total. The number of likely N-dealkylation sites (tertiary alicyclic amines) is 1. The zero-order valence-electron chi connectivity index (χ0n) is 21.3. The third-order valence-electron chi connectivity index (χ3n) is 7.45. The largest absolute Gasteiger partial charge is 0.315 e. The Labute approximate surface area is 200 Å². The predicted molar refractivity (Wildman–Crippen MR) is 136 cm³/mol. The van der Waals surface area contributed by atoms with Crippen LogP contribution < -0.4 is 0 Å². The smallest absolute Gasteiger partial charge is 0.133 e. The van der Waals surface area contributed by atoms with Crippen LogP contribution in [0.2, 0.25) is 0 Å². The van der Waals surface area contributed by atoms with Gasteiger partial charge in [-0.25, -0.2) is 4.98 Å². The Morgan fingerprint density at radius 2 is 2.09 bits per heavy atom. The summed E-state index contributed by atoms with van der Waals surface area (Å²) >= 11 is 0. The molecule has 1 unspecified atom stereocenters. The lowest BCUT2D eigenvalue weighted by Gasteiger charge is -2.34. The zero-order chi connectivity index (χ0) is 23.4. The molecule has 3 heterocycles. The van der Waals surface area contributed by atoms with Gasteiger partial charge < -0.3 is 9.47 Å². The molecular weight excluding hydrogens is 408 g/mol. The van der Waals surface area contributed by atoms with Crippen molar-refractivity contribution in [2.45, 2.75) is 78.2 Å². The van der Waals surface area contributed by atoms with Crippen molar-refractivity contribution in [1.82, 2.24) is 29.2 Å². The van der Waals surface area contributed by atoms with Crippen molar-refractivity contribution in [3.63, 3.8) is 0 Å². The number of allylic oxidation sites excluding steroid dienone is 1. The molecule has 0 aromatic carbocycles. The maximum absolute atomic E-state index is 5.15. The molecule has 0 amide bonds. The molecule has 0 N–H and O–H groups in total. The Balaban J connectivity index is 1.57. The van der Waals surface area contributed by atoms with E-state index in [1.54, 1.807) is 0 Å². The Morgan fingerprint density at radius 3 is 2.82 bits per heavy atom. The Hall–Kier alpha value is -2.02. The zero-order valence-corrected chi connectivity index (χ0v) is 21.3. The highest BCUT2D eigenvalue weighted by Gasteiger charge is 2.29. The van der Waals surface area contributed by atoms with Crippen molar-refractivity contribution < 1.29 is 0 Å². The van der Waals surface area contributed by atoms with E-state index in [1.807, 2.05) is 6.20 Å². The van der Waals surface area contributed by atoms with E-state index in [-0.39, 0.29) is 0 Å². The van der Waals surface area contributed by atoms with Gasteiger partial charge in [-0.3, -0.25) is 14.8 Å². The summed E-state index contributed by atoms with van der Waals surface area (Å²) in [4.78, 5) is 17.5. The van der Waals surface area contributed by atoms with Crippen LogP contribution in [-0.2, 0) is 19.6 Å². The van der Waals surface area contributed by atoms with E-state index in [2.05, 4.69) is 78.4 Å². The summed E-state index contributed by atoms with van der Waals surface area (Å²) in [5.74, 6) is 1.08. The number of aryl methyl sites for hydroxylation is 1. The fourth-order valence-corrected chi connectivity index (χ4v) is 5.54. The standard InChI is InChI=1S/C27H42N6/c1-6-10-26-29-24(21(3)33(26)20-31-17-14-23(18-31)30(4)5)19-32(16-7-2)25-13-8-11-22-12-9-15-28-27(22)25/h6,9-10,12,15,23,25H,7-8,11,13-14,16-20H2,1-5H3/b10-6-/t23?,25-/m0/s1. The van der Waals surface area contributed by atoms with E-state index in [0.717, 1.165) is 51.5 Å². The molecule has 2 atom stereocenters. The van der Waals surface area contributed by atoms with Gasteiger partial charge in [-0.2, -0.15) is 0 Å². The van der Waals surface area contributed by atoms with E-state index >= 15 is 0 Å². The van der Waals surface area contributed by atoms with Gasteiger partial charge in [-0.1, -0.05) is 19.1 Å². The highest BCUT2D eigenvalue weighted by Crippen LogP contribution is 2.34. The number of aromatic nitrogens is 3. The molecule has 1 aliphatic carbocycles. The summed E-state index contributed by atoms with van der Waals surface area (Å²) in [6.07, 6.45) is 12.2. The van der Waals surface area contributed by atoms with E-state index in [9.17, 15) is 0 Å². The Bertz CT molecular complexity index is 946. The summed E-state index contributed by atoms with van der Waals surface area (Å²) in [7, 11) is 4.39. The van der Waals surface area contributed by atoms with Gasteiger partial charge in [-0.05, 0) is 84.3 Å². The first kappa shape index (κ1) is 24.1. The second kappa shape index (κ2) is 10.9. The van der Waals surface area contributed by atoms with Crippen LogP contribution in [0.25, 0.3) is 6.08 Å². The first-order valence-electron chi connectivity index (χ1n) is 12.8. The van der Waals surface area contributed by atoms with Gasteiger partial charge in [-0.15, -0.1) is 0 Å². The number of rotatable bonds is 9. The summed E-state index contributed by atoms with van der Waals surface area (Å²) in [5.41, 5.74) is 5.23. The number of hydrogen-bond acceptors (Lipinski definition) is 5. The molecule has 1 saturated heterocycles. The van der Waals surface area contributed by atoms with Crippen LogP contribution in [-0.4, -0.2) is 69.0 Å². The third-order valence-corrected chi connectivity index (χ3v) is 7.45. The third kappa shape index (κ3) is 5.39. The quantitative estimate of drug-likeness (QED) is 0.562. The second-order valence-electron chi connectivity index (χ2n) is 9.98. The SMILES string of the molecule is C/C=C\c1nc(CN(CCC)[C@H]2CCCc3cccnc32)c(C)n1CN1CCC(N(C)C)C1. The average Bonchev–Trinajstić information content (AvgIpc) is 3.40. The van der Waals surface area contributed by atoms with Crippen molar-refractivity contribution in [1.29, 1.82) is 0 Å². The monoisotopic (exact) mass is 450 g/mol. The summed E-state index contributed by atoms with van der Waals surface area (Å²) in [6.45, 7) is 11.8. The van der Waals surface area contributed by atoms with Crippen molar-refractivity contribution >= 4 is 6.08 Å². The summed E-state index contributed by atoms with van der Waals surface area (Å²) in [6, 6.07) is 5.39. The second-order valence-corrected chi connectivity index (χ2v) is 9.98. The number of imidazole rings is 1. The van der Waals surface area contributed by atoms with E-state index in [0.29, 0.717) is 12.1 Å². The Kier molecular flexibility index (Phi) is 7.99. The fourth-order valence-electron chi connectivity index (χ4n) is 5.54. The highest BCUT2D eigenvalue weighted by molar-refractivity contribution is 5.42. The molecule has 2 aliphatic rings. The van der Waals surface area contributed by atoms with Crippen LogP contribution in [0.4, 0.5) is 0 Å². The lowest BCUT2D eigenvalue weighted by molar-refractivity contribution is 0.164. The van der Waals surface area contributed by atoms with Crippen molar-refractivity contribution in [3.8, 4) is 0 Å². The maximum atomic E-state index is 5.15. The molecule has 0 radical (unpaired) electrons. The van der Waals surface area contributed by atoms with Crippen molar-refractivity contribution in [2.75, 3.05) is 33.7 Å². The number of likely N-dealkylation sites (N-methyl/N-ethyl adjacent to an activating group) is 1. The molecule has 2 aromatic heterocycles. The average molecular weight is 451 g/mol. The van der Waals surface area contributed by atoms with Crippen LogP contribution >= 0.6 is 0 Å². The van der Waals surface area contributed by atoms with Gasteiger partial charge in [0, 0.05) is 37.6 Å². The van der Waals surface area contributed by atoms with E-state index < -0.39 is 0 Å². The van der Waals surface area contributed by atoms with Crippen molar-refractivity contribution in [2.24, 2.45) is 0 Å². The fraction of sp³-hybridized carbons (Fsp3) is 0.630. The van der Waals surface area contributed by atoms with E-state index in [4.69, 9.17) is 9.97 Å². The first-order chi connectivity index (χ1) is 16.0. The van der Waals surface area contributed by atoms with Gasteiger partial charge in [0.05, 0.1) is 24.1 Å². The molecule has 180 valence electrons. The van der Waals surface area contributed by atoms with Crippen LogP contribution in [0, 0.1) is 6.92 Å². The molecule has 4 rings (SSSR count). The molecule has 6 heteroatoms. The molecule has 33 heavy (non-hydrogen) atoms. The molecule has 0 bridgehead atoms. The Morgan fingerprint density at radius 1 is 1.24 bits per heavy atom. The van der Waals surface area contributed by atoms with E-state index in [1.165, 1.54) is 41.9 Å². The van der Waals surface area contributed by atoms with Gasteiger partial charge in [0.15, 0.2) is 0 Å². The highest BCUT2D eigenvalue weighted by atomic mass is 15.3. The summed E-state index contributed by atoms with van der Waals surface area (Å²) < 4.78 is 2.42. The molecule has 1 aliphatic heterocycles. The molecule has 2 aromatic rings. The number of pyridine rings is 1.